The molecule has 2 aliphatic heterocycles. The first-order valence-electron chi connectivity index (χ1n) is 16.4. The molecule has 5 aromatic rings. The third-order valence-electron chi connectivity index (χ3n) is 9.80. The number of rotatable bonds is 10. The fourth-order valence-corrected chi connectivity index (χ4v) is 8.51. The molecule has 264 valence electrons. The maximum Gasteiger partial charge on any atom is 0.319 e. The largest absolute Gasteiger partial charge is 0.461 e. The van der Waals surface area contributed by atoms with Crippen LogP contribution in [0.1, 0.15) is 37.7 Å². The molecule has 2 aromatic carbocycles. The number of amides is 1. The first-order valence-corrected chi connectivity index (χ1v) is 17.6. The molecule has 5 heterocycles. The Balaban J connectivity index is 1.27. The average molecular weight is 736 g/mol. The summed E-state index contributed by atoms with van der Waals surface area (Å²) in [6, 6.07) is 7.61. The predicted molar refractivity (Wildman–Crippen MR) is 191 cm³/mol. The standard InChI is InChI=1S/C35H33ClF3N9O2S/c1-46(11-3-5-26(49)47(2)25-8-10-42-18-43-25)33-21-13-23(36)28(20-6-7-24(38)31-27(20)22(15-40)32(41)51-31)29(39)30(21)44-34(45-33)50-17-35-9-4-12-48(35)16-19(37)14-35/h6-8,10,13,18-19H,3-5,9,11-12,14,16-17,41H2,1-2H3/t19-,35+/m1/s1. The molecule has 2 fully saturated rings. The van der Waals surface area contributed by atoms with Gasteiger partial charge in [-0.05, 0) is 49.6 Å². The minimum Gasteiger partial charge on any atom is -0.461 e. The van der Waals surface area contributed by atoms with E-state index < -0.39 is 23.3 Å². The number of hydrogen-bond acceptors (Lipinski definition) is 11. The number of thiophene rings is 1. The van der Waals surface area contributed by atoms with E-state index in [1.165, 1.54) is 29.4 Å². The van der Waals surface area contributed by atoms with Gasteiger partial charge in [0.25, 0.3) is 0 Å². The molecule has 0 aliphatic carbocycles. The van der Waals surface area contributed by atoms with Crippen molar-refractivity contribution in [3.8, 4) is 23.2 Å². The van der Waals surface area contributed by atoms with Crippen molar-refractivity contribution in [1.82, 2.24) is 24.8 Å². The van der Waals surface area contributed by atoms with E-state index in [0.717, 1.165) is 30.7 Å². The summed E-state index contributed by atoms with van der Waals surface area (Å²) in [7, 11) is 3.39. The van der Waals surface area contributed by atoms with Gasteiger partial charge in [-0.1, -0.05) is 17.7 Å². The van der Waals surface area contributed by atoms with Crippen LogP contribution in [0.5, 0.6) is 6.01 Å². The number of fused-ring (bicyclic) bond motifs is 3. The number of anilines is 3. The highest BCUT2D eigenvalue weighted by Crippen LogP contribution is 2.46. The molecule has 0 spiro atoms. The summed E-state index contributed by atoms with van der Waals surface area (Å²) in [5.41, 5.74) is 5.56. The van der Waals surface area contributed by atoms with Crippen molar-refractivity contribution in [1.29, 1.82) is 5.26 Å². The third kappa shape index (κ3) is 6.25. The summed E-state index contributed by atoms with van der Waals surface area (Å²) < 4.78 is 52.7. The maximum atomic E-state index is 17.0. The van der Waals surface area contributed by atoms with Crippen molar-refractivity contribution in [2.24, 2.45) is 0 Å². The molecule has 0 radical (unpaired) electrons. The molecule has 2 aliphatic rings. The van der Waals surface area contributed by atoms with E-state index >= 15 is 4.39 Å². The molecule has 0 unspecified atom stereocenters. The Morgan fingerprint density at radius 2 is 2.10 bits per heavy atom. The van der Waals surface area contributed by atoms with Crippen LogP contribution in [0, 0.1) is 23.0 Å². The molecule has 2 saturated heterocycles. The molecule has 0 bridgehead atoms. The summed E-state index contributed by atoms with van der Waals surface area (Å²) in [4.78, 5) is 35.4. The molecule has 7 rings (SSSR count). The van der Waals surface area contributed by atoms with E-state index in [4.69, 9.17) is 22.1 Å². The van der Waals surface area contributed by atoms with Crippen molar-refractivity contribution in [3.63, 3.8) is 0 Å². The van der Waals surface area contributed by atoms with Gasteiger partial charge in [-0.2, -0.15) is 15.2 Å². The summed E-state index contributed by atoms with van der Waals surface area (Å²) in [6.07, 6.45) is 4.54. The second-order valence-electron chi connectivity index (χ2n) is 12.9. The van der Waals surface area contributed by atoms with Gasteiger partial charge in [-0.15, -0.1) is 11.3 Å². The summed E-state index contributed by atoms with van der Waals surface area (Å²) in [6.45, 7) is 1.56. The van der Waals surface area contributed by atoms with Gasteiger partial charge in [-0.3, -0.25) is 14.6 Å². The Kier molecular flexibility index (Phi) is 9.34. The molecule has 0 saturated carbocycles. The van der Waals surface area contributed by atoms with Crippen LogP contribution in [0.25, 0.3) is 32.1 Å². The zero-order valence-corrected chi connectivity index (χ0v) is 29.4. The lowest BCUT2D eigenvalue weighted by Crippen LogP contribution is -2.43. The molecule has 2 atom stereocenters. The first kappa shape index (κ1) is 34.7. The van der Waals surface area contributed by atoms with Crippen LogP contribution in [0.3, 0.4) is 0 Å². The van der Waals surface area contributed by atoms with Gasteiger partial charge in [0.1, 0.15) is 53.1 Å². The fraction of sp³-hybridized carbons (Fsp3) is 0.371. The van der Waals surface area contributed by atoms with E-state index in [0.29, 0.717) is 37.6 Å². The van der Waals surface area contributed by atoms with Gasteiger partial charge in [0.05, 0.1) is 20.8 Å². The predicted octanol–water partition coefficient (Wildman–Crippen LogP) is 6.52. The Bertz CT molecular complexity index is 2200. The number of halogens is 4. The number of nitrogen functional groups attached to an aromatic ring is 1. The second kappa shape index (κ2) is 13.7. The molecule has 3 aromatic heterocycles. The quantitative estimate of drug-likeness (QED) is 0.169. The van der Waals surface area contributed by atoms with Crippen LogP contribution >= 0.6 is 22.9 Å². The number of nitriles is 1. The van der Waals surface area contributed by atoms with E-state index in [-0.39, 0.29) is 72.6 Å². The number of carbonyl (C=O) groups excluding carboxylic acids is 1. The molecular weight excluding hydrogens is 703 g/mol. The Morgan fingerprint density at radius 1 is 1.27 bits per heavy atom. The first-order chi connectivity index (χ1) is 24.5. The number of nitrogens with two attached hydrogens (primary N) is 1. The van der Waals surface area contributed by atoms with E-state index in [2.05, 4.69) is 24.8 Å². The minimum absolute atomic E-state index is 0.0180. The van der Waals surface area contributed by atoms with Gasteiger partial charge in [-0.25, -0.2) is 23.1 Å². The number of hydrogen-bond donors (Lipinski definition) is 1. The van der Waals surface area contributed by atoms with E-state index in [1.54, 1.807) is 31.3 Å². The number of alkyl halides is 1. The SMILES string of the molecule is CN(CCCC(=O)N(C)c1ccncn1)c1nc(OC[C@@]23CCCN2C[C@H](F)C3)nc2c(F)c(-c3ccc(F)c4sc(N)c(C#N)c34)c(Cl)cc12. The molecule has 51 heavy (non-hydrogen) atoms. The fourth-order valence-electron chi connectivity index (χ4n) is 7.27. The lowest BCUT2D eigenvalue weighted by Gasteiger charge is -2.31. The smallest absolute Gasteiger partial charge is 0.319 e. The van der Waals surface area contributed by atoms with Crippen LogP contribution in [0.2, 0.25) is 5.02 Å². The van der Waals surface area contributed by atoms with Crippen LogP contribution in [0.4, 0.5) is 29.8 Å². The highest BCUT2D eigenvalue weighted by molar-refractivity contribution is 7.23. The zero-order chi connectivity index (χ0) is 36.0. The Morgan fingerprint density at radius 3 is 2.86 bits per heavy atom. The normalized spacial score (nSPS) is 18.6. The van der Waals surface area contributed by atoms with Gasteiger partial charge in [0.15, 0.2) is 5.82 Å². The minimum atomic E-state index is -0.969. The van der Waals surface area contributed by atoms with Crippen molar-refractivity contribution < 1.29 is 22.7 Å². The highest BCUT2D eigenvalue weighted by atomic mass is 35.5. The Labute approximate surface area is 300 Å². The van der Waals surface area contributed by atoms with Gasteiger partial charge in [0, 0.05) is 62.6 Å². The lowest BCUT2D eigenvalue weighted by molar-refractivity contribution is -0.118. The number of nitrogens with zero attached hydrogens (tertiary/aromatic N) is 8. The highest BCUT2D eigenvalue weighted by Gasteiger charge is 2.49. The van der Waals surface area contributed by atoms with Crippen LogP contribution in [-0.4, -0.2) is 82.8 Å². The Hall–Kier alpha value is -4.78. The van der Waals surface area contributed by atoms with Crippen LogP contribution < -0.4 is 20.3 Å². The second-order valence-corrected chi connectivity index (χ2v) is 14.4. The topological polar surface area (TPSA) is 137 Å². The van der Waals surface area contributed by atoms with Crippen molar-refractivity contribution >= 4 is 66.5 Å². The number of carbonyl (C=O) groups is 1. The number of ether oxygens (including phenoxy) is 1. The average Bonchev–Trinajstić information content (AvgIpc) is 3.77. The van der Waals surface area contributed by atoms with Crippen LogP contribution in [-0.2, 0) is 4.79 Å². The third-order valence-corrected chi connectivity index (χ3v) is 11.1. The summed E-state index contributed by atoms with van der Waals surface area (Å²) in [5, 5.41) is 10.4. The van der Waals surface area contributed by atoms with E-state index in [1.807, 2.05) is 6.07 Å². The summed E-state index contributed by atoms with van der Waals surface area (Å²) >= 11 is 7.71. The molecule has 1 amide bonds. The van der Waals surface area contributed by atoms with Gasteiger partial charge >= 0.3 is 6.01 Å². The number of aromatic nitrogens is 4. The maximum absolute atomic E-state index is 17.0. The van der Waals surface area contributed by atoms with Crippen molar-refractivity contribution in [2.45, 2.75) is 43.8 Å². The monoisotopic (exact) mass is 735 g/mol. The molecule has 16 heteroatoms. The molecule has 11 nitrogen and oxygen atoms in total. The van der Waals surface area contributed by atoms with Gasteiger partial charge in [0.2, 0.25) is 5.91 Å². The molecule has 2 N–H and O–H groups in total. The van der Waals surface area contributed by atoms with Crippen molar-refractivity contribution in [2.75, 3.05) is 55.9 Å². The number of benzene rings is 2. The van der Waals surface area contributed by atoms with Gasteiger partial charge < -0.3 is 15.4 Å². The zero-order valence-electron chi connectivity index (χ0n) is 27.8. The molecular formula is C35H33ClF3N9O2S. The van der Waals surface area contributed by atoms with Crippen LogP contribution in [0.15, 0.2) is 36.8 Å². The lowest BCUT2D eigenvalue weighted by atomic mass is 9.95. The van der Waals surface area contributed by atoms with E-state index in [9.17, 15) is 18.8 Å². The van der Waals surface area contributed by atoms with Crippen molar-refractivity contribution in [3.05, 3.63) is 59.0 Å². The summed E-state index contributed by atoms with van der Waals surface area (Å²) in [5.74, 6) is -0.809.